The minimum Gasteiger partial charge on any atom is -0.501 e. The van der Waals surface area contributed by atoms with Crippen LogP contribution in [-0.4, -0.2) is 39.2 Å². The van der Waals surface area contributed by atoms with Crippen LogP contribution in [0.4, 0.5) is 5.95 Å². The zero-order valence-corrected chi connectivity index (χ0v) is 21.3. The Bertz CT molecular complexity index is 1780. The molecular weight excluding hydrogens is 498 g/mol. The molecule has 10 nitrogen and oxygen atoms in total. The lowest BCUT2D eigenvalue weighted by Gasteiger charge is -2.39. The Labute approximate surface area is 222 Å². The number of nitrogens with two attached hydrogens (primary N) is 1. The third-order valence-corrected chi connectivity index (χ3v) is 7.09. The minimum atomic E-state index is -0.646. The van der Waals surface area contributed by atoms with Gasteiger partial charge in [-0.15, -0.1) is 0 Å². The monoisotopic (exact) mass is 523 g/mol. The van der Waals surface area contributed by atoms with E-state index in [1.165, 1.54) is 4.57 Å². The fraction of sp³-hybridized carbons (Fsp3) is 0.172. The molecule has 0 unspecified atom stereocenters. The van der Waals surface area contributed by atoms with Gasteiger partial charge in [0, 0.05) is 24.7 Å². The van der Waals surface area contributed by atoms with Crippen LogP contribution in [0.3, 0.4) is 0 Å². The number of rotatable bonds is 5. The molecule has 5 aromatic rings. The number of aromatic nitrogens is 3. The number of methoxy groups -OCH3 is 1. The van der Waals surface area contributed by atoms with Crippen LogP contribution in [0.1, 0.15) is 33.1 Å². The smallest absolute Gasteiger partial charge is 0.297 e. The summed E-state index contributed by atoms with van der Waals surface area (Å²) in [6.07, 6.45) is 0.620. The van der Waals surface area contributed by atoms with Crippen LogP contribution in [0.5, 0.6) is 11.5 Å². The highest BCUT2D eigenvalue weighted by atomic mass is 16.5. The predicted molar refractivity (Wildman–Crippen MR) is 145 cm³/mol. The van der Waals surface area contributed by atoms with Crippen LogP contribution < -0.4 is 20.9 Å². The molecule has 1 amide bonds. The van der Waals surface area contributed by atoms with Crippen molar-refractivity contribution in [3.63, 3.8) is 0 Å². The van der Waals surface area contributed by atoms with Crippen LogP contribution >= 0.6 is 0 Å². The first-order chi connectivity index (χ1) is 18.9. The Morgan fingerprint density at radius 1 is 1.08 bits per heavy atom. The van der Waals surface area contributed by atoms with E-state index in [0.29, 0.717) is 41.3 Å². The second kappa shape index (κ2) is 9.32. The molecule has 0 fully saturated rings. The number of hydrogen-bond acceptors (Lipinski definition) is 8. The number of nitrogens with zero attached hydrogens (tertiary/aromatic N) is 4. The van der Waals surface area contributed by atoms with Crippen molar-refractivity contribution in [3.8, 4) is 23.1 Å². The lowest BCUT2D eigenvalue weighted by Crippen LogP contribution is -2.40. The first kappa shape index (κ1) is 24.2. The maximum atomic E-state index is 13.3. The molecule has 1 aliphatic heterocycles. The van der Waals surface area contributed by atoms with Gasteiger partial charge in [0.05, 0.1) is 13.2 Å². The summed E-state index contributed by atoms with van der Waals surface area (Å²) in [5.74, 6) is -0.138. The van der Waals surface area contributed by atoms with Crippen LogP contribution in [0.15, 0.2) is 75.9 Å². The molecule has 1 aliphatic rings. The normalized spacial score (nSPS) is 14.8. The third-order valence-electron chi connectivity index (χ3n) is 7.09. The first-order valence-electron chi connectivity index (χ1n) is 12.4. The summed E-state index contributed by atoms with van der Waals surface area (Å²) in [5.41, 5.74) is 9.08. The second-order valence-electron chi connectivity index (χ2n) is 9.33. The molecule has 10 heteroatoms. The summed E-state index contributed by atoms with van der Waals surface area (Å²) < 4.78 is 12.8. The number of benzene rings is 3. The Morgan fingerprint density at radius 3 is 2.62 bits per heavy atom. The summed E-state index contributed by atoms with van der Waals surface area (Å²) in [7, 11) is 3.14. The van der Waals surface area contributed by atoms with Crippen molar-refractivity contribution in [1.82, 2.24) is 14.5 Å². The van der Waals surface area contributed by atoms with Crippen LogP contribution in [0.2, 0.25) is 0 Å². The number of carbonyl (C=O) groups excluding carboxylic acids is 1. The summed E-state index contributed by atoms with van der Waals surface area (Å²) in [4.78, 5) is 36.5. The Balaban J connectivity index is 1.59. The molecule has 3 aromatic carbocycles. The van der Waals surface area contributed by atoms with E-state index in [2.05, 4.69) is 4.98 Å². The highest BCUT2D eigenvalue weighted by Crippen LogP contribution is 2.42. The summed E-state index contributed by atoms with van der Waals surface area (Å²) >= 11 is 0. The molecule has 196 valence electrons. The van der Waals surface area contributed by atoms with E-state index in [1.807, 2.05) is 47.4 Å². The molecule has 0 saturated heterocycles. The standard InChI is InChI=1S/C29H25N5O5/c1-33-28(37)25(35)23(27-31-20-8-4-6-10-22(20)39-27)32-29(33)34-14-13-16-11-12-17(26(30)36)15-19(16)24(34)18-7-3-5-9-21(18)38-2/h3-12,15,24,35H,13-14H2,1-2H3,(H2,30,36)/t24-/m1/s1. The fourth-order valence-corrected chi connectivity index (χ4v) is 5.17. The summed E-state index contributed by atoms with van der Waals surface area (Å²) in [6, 6.07) is 19.6. The fourth-order valence-electron chi connectivity index (χ4n) is 5.17. The van der Waals surface area contributed by atoms with Gasteiger partial charge in [-0.25, -0.2) is 9.97 Å². The number of ether oxygens (including phenoxy) is 1. The maximum absolute atomic E-state index is 13.3. The largest absolute Gasteiger partial charge is 0.501 e. The van der Waals surface area contributed by atoms with E-state index in [-0.39, 0.29) is 11.6 Å². The number of oxazole rings is 1. The molecule has 0 bridgehead atoms. The van der Waals surface area contributed by atoms with Gasteiger partial charge in [0.15, 0.2) is 11.3 Å². The van der Waals surface area contributed by atoms with Crippen molar-refractivity contribution in [1.29, 1.82) is 0 Å². The lowest BCUT2D eigenvalue weighted by molar-refractivity contribution is 0.1000. The number of carbonyl (C=O) groups is 1. The molecule has 1 atom stereocenters. The number of primary amides is 1. The molecule has 0 spiro atoms. The van der Waals surface area contributed by atoms with Gasteiger partial charge in [-0.3, -0.25) is 14.2 Å². The first-order valence-corrected chi connectivity index (χ1v) is 12.4. The van der Waals surface area contributed by atoms with Crippen LogP contribution in [0, 0.1) is 0 Å². The lowest BCUT2D eigenvalue weighted by atomic mass is 9.86. The van der Waals surface area contributed by atoms with Gasteiger partial charge in [0.2, 0.25) is 17.6 Å². The number of amides is 1. The molecule has 39 heavy (non-hydrogen) atoms. The minimum absolute atomic E-state index is 0.0370. The number of aromatic hydroxyl groups is 1. The third kappa shape index (κ3) is 3.97. The molecule has 0 saturated carbocycles. The van der Waals surface area contributed by atoms with E-state index >= 15 is 0 Å². The molecule has 3 N–H and O–H groups in total. The number of hydrogen-bond donors (Lipinski definition) is 2. The van der Waals surface area contributed by atoms with Crippen molar-refractivity contribution in [2.45, 2.75) is 12.5 Å². The topological polar surface area (TPSA) is 137 Å². The van der Waals surface area contributed by atoms with Gasteiger partial charge in [-0.1, -0.05) is 36.4 Å². The summed E-state index contributed by atoms with van der Waals surface area (Å²) in [6.45, 7) is 0.490. The van der Waals surface area contributed by atoms with Crippen molar-refractivity contribution >= 4 is 23.0 Å². The second-order valence-corrected chi connectivity index (χ2v) is 9.33. The summed E-state index contributed by atoms with van der Waals surface area (Å²) in [5, 5.41) is 10.8. The Morgan fingerprint density at radius 2 is 1.85 bits per heavy atom. The van der Waals surface area contributed by atoms with E-state index in [0.717, 1.165) is 16.7 Å². The zero-order chi connectivity index (χ0) is 27.3. The number of para-hydroxylation sites is 3. The molecule has 2 aromatic heterocycles. The van der Waals surface area contributed by atoms with E-state index in [4.69, 9.17) is 19.9 Å². The molecule has 0 aliphatic carbocycles. The number of anilines is 1. The van der Waals surface area contributed by atoms with E-state index < -0.39 is 23.3 Å². The van der Waals surface area contributed by atoms with Crippen molar-refractivity contribution in [2.24, 2.45) is 12.8 Å². The molecule has 6 rings (SSSR count). The molecule has 0 radical (unpaired) electrons. The quantitative estimate of drug-likeness (QED) is 0.357. The maximum Gasteiger partial charge on any atom is 0.297 e. The van der Waals surface area contributed by atoms with Gasteiger partial charge in [-0.2, -0.15) is 0 Å². The van der Waals surface area contributed by atoms with E-state index in [9.17, 15) is 14.7 Å². The predicted octanol–water partition coefficient (Wildman–Crippen LogP) is 3.55. The molecule has 3 heterocycles. The van der Waals surface area contributed by atoms with Crippen molar-refractivity contribution in [2.75, 3.05) is 18.6 Å². The van der Waals surface area contributed by atoms with Gasteiger partial charge < -0.3 is 24.9 Å². The Hall–Kier alpha value is -5.12. The van der Waals surface area contributed by atoms with Gasteiger partial charge >= 0.3 is 0 Å². The Kier molecular flexibility index (Phi) is 5.79. The van der Waals surface area contributed by atoms with Gasteiger partial charge in [0.1, 0.15) is 11.3 Å². The van der Waals surface area contributed by atoms with Crippen LogP contribution in [-0.2, 0) is 13.5 Å². The molecular formula is C29H25N5O5. The highest BCUT2D eigenvalue weighted by molar-refractivity contribution is 5.93. The highest BCUT2D eigenvalue weighted by Gasteiger charge is 2.35. The van der Waals surface area contributed by atoms with Gasteiger partial charge in [-0.05, 0) is 47.9 Å². The zero-order valence-electron chi connectivity index (χ0n) is 21.3. The SMILES string of the molecule is COc1ccccc1[C@@H]1c2cc(C(N)=O)ccc2CCN1c1nc(-c2nc3ccccc3o2)c(O)c(=O)n1C. The van der Waals surface area contributed by atoms with E-state index in [1.54, 1.807) is 38.4 Å². The van der Waals surface area contributed by atoms with Crippen molar-refractivity contribution < 1.29 is 19.1 Å². The average Bonchev–Trinajstić information content (AvgIpc) is 3.39. The number of fused-ring (bicyclic) bond motifs is 2. The van der Waals surface area contributed by atoms with Crippen molar-refractivity contribution in [3.05, 3.63) is 99.3 Å². The average molecular weight is 524 g/mol. The van der Waals surface area contributed by atoms with Crippen LogP contribution in [0.25, 0.3) is 22.7 Å². The van der Waals surface area contributed by atoms with Gasteiger partial charge in [0.25, 0.3) is 11.4 Å².